The highest BCUT2D eigenvalue weighted by molar-refractivity contribution is 7.90. The molecule has 3 rings (SSSR count). The van der Waals surface area contributed by atoms with Crippen molar-refractivity contribution in [1.82, 2.24) is 9.78 Å². The molecule has 158 valence electrons. The molecular weight excluding hydrogens is 419 g/mol. The summed E-state index contributed by atoms with van der Waals surface area (Å²) >= 11 is 0. The zero-order valence-electron chi connectivity index (χ0n) is 16.0. The second kappa shape index (κ2) is 7.94. The van der Waals surface area contributed by atoms with Crippen molar-refractivity contribution in [2.24, 2.45) is 4.40 Å². The lowest BCUT2D eigenvalue weighted by Crippen LogP contribution is -2.18. The van der Waals surface area contributed by atoms with Crippen molar-refractivity contribution in [2.75, 3.05) is 0 Å². The smallest absolute Gasteiger partial charge is 0.435 e. The van der Waals surface area contributed by atoms with Gasteiger partial charge in [-0.2, -0.15) is 31.1 Å². The molecule has 2 aromatic carbocycles. The van der Waals surface area contributed by atoms with Gasteiger partial charge in [-0.25, -0.2) is 4.68 Å². The topological polar surface area (TPSA) is 87.4 Å². The molecule has 0 N–H and O–H groups in total. The molecule has 3 aromatic rings. The predicted octanol–water partition coefficient (Wildman–Crippen LogP) is 3.72. The van der Waals surface area contributed by atoms with Crippen LogP contribution in [0.1, 0.15) is 24.6 Å². The molecule has 0 saturated heterocycles. The minimum absolute atomic E-state index is 0.0625. The Kier molecular flexibility index (Phi) is 5.71. The summed E-state index contributed by atoms with van der Waals surface area (Å²) in [6.45, 7) is 2.79. The van der Waals surface area contributed by atoms with Gasteiger partial charge in [0.2, 0.25) is 0 Å². The average Bonchev–Trinajstić information content (AvgIpc) is 3.06. The van der Waals surface area contributed by atoms with Crippen molar-refractivity contribution in [1.29, 1.82) is 0 Å². The first-order valence-corrected chi connectivity index (χ1v) is 10.3. The second-order valence-electron chi connectivity index (χ2n) is 6.41. The van der Waals surface area contributed by atoms with Gasteiger partial charge in [0.1, 0.15) is 0 Å². The maximum Gasteiger partial charge on any atom is 0.435 e. The number of halogens is 3. The number of rotatable bonds is 5. The zero-order valence-corrected chi connectivity index (χ0v) is 16.8. The van der Waals surface area contributed by atoms with Crippen LogP contribution in [0.2, 0.25) is 0 Å². The maximum atomic E-state index is 13.4. The molecular formula is C20H17F3N3O3S-. The molecule has 0 aliphatic carbocycles. The first-order chi connectivity index (χ1) is 14.0. The highest BCUT2D eigenvalue weighted by Gasteiger charge is 2.38. The molecule has 0 aliphatic heterocycles. The summed E-state index contributed by atoms with van der Waals surface area (Å²) < 4.78 is 69.1. The van der Waals surface area contributed by atoms with Crippen molar-refractivity contribution in [3.63, 3.8) is 0 Å². The van der Waals surface area contributed by atoms with E-state index in [1.165, 1.54) is 42.8 Å². The lowest BCUT2D eigenvalue weighted by molar-refractivity contribution is -0.217. The van der Waals surface area contributed by atoms with Crippen LogP contribution in [-0.2, 0) is 16.2 Å². The third-order valence-electron chi connectivity index (χ3n) is 4.34. The van der Waals surface area contributed by atoms with Gasteiger partial charge in [-0.1, -0.05) is 37.3 Å². The maximum absolute atomic E-state index is 13.4. The van der Waals surface area contributed by atoms with Gasteiger partial charge in [0.25, 0.3) is 10.0 Å². The van der Waals surface area contributed by atoms with Crippen molar-refractivity contribution in [3.8, 4) is 16.9 Å². The Balaban J connectivity index is 2.15. The van der Waals surface area contributed by atoms with Crippen LogP contribution < -0.4 is 5.11 Å². The molecule has 0 unspecified atom stereocenters. The lowest BCUT2D eigenvalue weighted by Gasteiger charge is -2.10. The van der Waals surface area contributed by atoms with E-state index in [9.17, 15) is 26.7 Å². The molecule has 30 heavy (non-hydrogen) atoms. The van der Waals surface area contributed by atoms with E-state index in [2.05, 4.69) is 9.50 Å². The molecule has 0 bridgehead atoms. The lowest BCUT2D eigenvalue weighted by atomic mass is 10.1. The number of nitrogens with zero attached hydrogens (tertiary/aromatic N) is 3. The summed E-state index contributed by atoms with van der Waals surface area (Å²) in [5.74, 6) is -0.785. The van der Waals surface area contributed by atoms with Crippen molar-refractivity contribution in [2.45, 2.75) is 31.3 Å². The van der Waals surface area contributed by atoms with E-state index >= 15 is 0 Å². The van der Waals surface area contributed by atoms with Gasteiger partial charge in [-0.3, -0.25) is 0 Å². The first kappa shape index (κ1) is 21.6. The molecule has 6 nitrogen and oxygen atoms in total. The molecule has 1 heterocycles. The summed E-state index contributed by atoms with van der Waals surface area (Å²) in [4.78, 5) is -0.229. The highest BCUT2D eigenvalue weighted by atomic mass is 32.2. The molecule has 0 spiro atoms. The summed E-state index contributed by atoms with van der Waals surface area (Å²) in [5, 5.41) is 15.1. The van der Waals surface area contributed by atoms with E-state index < -0.39 is 27.8 Å². The quantitative estimate of drug-likeness (QED) is 0.451. The van der Waals surface area contributed by atoms with E-state index in [0.29, 0.717) is 11.3 Å². The van der Waals surface area contributed by atoms with Crippen LogP contribution in [0.4, 0.5) is 13.2 Å². The number of hydrogen-bond donors (Lipinski definition) is 0. The standard InChI is InChI=1S/C20H18F3N3O3S/c1-3-17(27)25-30(28,29)16-11-9-14(10-12-16)18-13(2)19(20(21,22)23)24-26(18)15-7-5-4-6-8-15/h4-12H,3H2,1-2H3,(H,25,27)/p-1. The fraction of sp³-hybridized carbons (Fsp3) is 0.200. The SMILES string of the molecule is CC/C([O-])=N/S(=O)(=O)c1ccc(-c2c(C)c(C(F)(F)F)nn2-c2ccccc2)cc1. The minimum Gasteiger partial charge on any atom is -0.861 e. The summed E-state index contributed by atoms with van der Waals surface area (Å²) in [6, 6.07) is 13.4. The second-order valence-corrected chi connectivity index (χ2v) is 8.01. The van der Waals surface area contributed by atoms with Gasteiger partial charge in [0.15, 0.2) is 5.69 Å². The van der Waals surface area contributed by atoms with Gasteiger partial charge in [0.05, 0.1) is 16.3 Å². The summed E-state index contributed by atoms with van der Waals surface area (Å²) in [7, 11) is -4.19. The Morgan fingerprint density at radius 3 is 2.23 bits per heavy atom. The van der Waals surface area contributed by atoms with Crippen LogP contribution >= 0.6 is 0 Å². The van der Waals surface area contributed by atoms with E-state index in [-0.39, 0.29) is 22.6 Å². The number of alkyl halides is 3. The molecule has 0 saturated carbocycles. The Morgan fingerprint density at radius 1 is 1.10 bits per heavy atom. The van der Waals surface area contributed by atoms with E-state index in [1.807, 2.05) is 0 Å². The fourth-order valence-corrected chi connectivity index (χ4v) is 3.88. The third-order valence-corrected chi connectivity index (χ3v) is 5.65. The van der Waals surface area contributed by atoms with Crippen molar-refractivity contribution >= 4 is 15.9 Å². The molecule has 0 aliphatic rings. The Bertz CT molecular complexity index is 1180. The van der Waals surface area contributed by atoms with Crippen LogP contribution in [0.5, 0.6) is 0 Å². The van der Waals surface area contributed by atoms with Gasteiger partial charge in [-0.15, -0.1) is 0 Å². The molecule has 0 fully saturated rings. The Hall–Kier alpha value is -3.14. The molecule has 1 aromatic heterocycles. The minimum atomic E-state index is -4.65. The number of aromatic nitrogens is 2. The van der Waals surface area contributed by atoms with Crippen LogP contribution in [0.15, 0.2) is 63.9 Å². The van der Waals surface area contributed by atoms with Crippen molar-refractivity contribution in [3.05, 3.63) is 65.9 Å². The molecule has 0 atom stereocenters. The highest BCUT2D eigenvalue weighted by Crippen LogP contribution is 2.37. The number of sulfonamides is 1. The molecule has 10 heteroatoms. The predicted molar refractivity (Wildman–Crippen MR) is 104 cm³/mol. The fourth-order valence-electron chi connectivity index (χ4n) is 2.90. The number of hydrogen-bond acceptors (Lipinski definition) is 4. The number of para-hydroxylation sites is 1. The first-order valence-electron chi connectivity index (χ1n) is 8.88. The largest absolute Gasteiger partial charge is 0.861 e. The number of benzene rings is 2. The van der Waals surface area contributed by atoms with Crippen LogP contribution in [0, 0.1) is 6.92 Å². The van der Waals surface area contributed by atoms with Crippen LogP contribution in [-0.4, -0.2) is 24.1 Å². The van der Waals surface area contributed by atoms with Gasteiger partial charge >= 0.3 is 6.18 Å². The summed E-state index contributed by atoms with van der Waals surface area (Å²) in [6.07, 6.45) is -4.71. The van der Waals surface area contributed by atoms with Crippen LogP contribution in [0.3, 0.4) is 0 Å². The normalized spacial score (nSPS) is 12.9. The average molecular weight is 436 g/mol. The molecule has 0 radical (unpaired) electrons. The van der Waals surface area contributed by atoms with Gasteiger partial charge in [0, 0.05) is 11.1 Å². The van der Waals surface area contributed by atoms with E-state index in [0.717, 1.165) is 0 Å². The van der Waals surface area contributed by atoms with Crippen LogP contribution in [0.25, 0.3) is 16.9 Å². The van der Waals surface area contributed by atoms with Crippen molar-refractivity contribution < 1.29 is 26.7 Å². The van der Waals surface area contributed by atoms with Gasteiger partial charge < -0.3 is 5.11 Å². The van der Waals surface area contributed by atoms with E-state index in [1.54, 1.807) is 30.3 Å². The Morgan fingerprint density at radius 2 is 1.70 bits per heavy atom. The van der Waals surface area contributed by atoms with Gasteiger partial charge in [-0.05, 0) is 43.5 Å². The van der Waals surface area contributed by atoms with E-state index in [4.69, 9.17) is 0 Å². The third kappa shape index (κ3) is 4.23. The molecule has 0 amide bonds. The summed E-state index contributed by atoms with van der Waals surface area (Å²) in [5.41, 5.74) is -0.181. The monoisotopic (exact) mass is 436 g/mol. The zero-order chi connectivity index (χ0) is 22.1. The Labute approximate surface area is 171 Å².